The number of carbonyl (C=O) groups excluding carboxylic acids is 2. The number of amides is 1. The highest BCUT2D eigenvalue weighted by Gasteiger charge is 2.55. The molecule has 1 aromatic carbocycles. The van der Waals surface area contributed by atoms with E-state index in [-0.39, 0.29) is 23.6 Å². The van der Waals surface area contributed by atoms with Crippen molar-refractivity contribution in [2.24, 2.45) is 5.92 Å². The molecule has 0 radical (unpaired) electrons. The number of methoxy groups -OCH3 is 1. The predicted molar refractivity (Wildman–Crippen MR) is 94.1 cm³/mol. The Kier molecular flexibility index (Phi) is 4.45. The van der Waals surface area contributed by atoms with E-state index in [1.54, 1.807) is 29.2 Å². The lowest BCUT2D eigenvalue weighted by molar-refractivity contribution is -0.149. The van der Waals surface area contributed by atoms with Gasteiger partial charge in [0.1, 0.15) is 5.82 Å². The lowest BCUT2D eigenvalue weighted by Crippen LogP contribution is -2.45. The molecule has 0 N–H and O–H groups in total. The molecule has 0 unspecified atom stereocenters. The quantitative estimate of drug-likeness (QED) is 0.772. The molecular weight excluding hydrogens is 351 g/mol. The minimum absolute atomic E-state index is 0.0131. The first-order valence-electron chi connectivity index (χ1n) is 9.14. The molecule has 2 fully saturated rings. The van der Waals surface area contributed by atoms with E-state index in [0.29, 0.717) is 55.8 Å². The second-order valence-electron chi connectivity index (χ2n) is 7.23. The maximum atomic E-state index is 14.0. The lowest BCUT2D eigenvalue weighted by atomic mass is 9.93. The van der Waals surface area contributed by atoms with Gasteiger partial charge < -0.3 is 14.2 Å². The predicted octanol–water partition coefficient (Wildman–Crippen LogP) is 2.92. The number of benzene rings is 1. The first-order valence-corrected chi connectivity index (χ1v) is 9.14. The summed E-state index contributed by atoms with van der Waals surface area (Å²) in [6.07, 6.45) is 2.61. The Labute approximate surface area is 156 Å². The molecule has 1 saturated carbocycles. The third-order valence-corrected chi connectivity index (χ3v) is 5.62. The molecule has 0 atom stereocenters. The third-order valence-electron chi connectivity index (χ3n) is 5.62. The van der Waals surface area contributed by atoms with Crippen LogP contribution in [0.4, 0.5) is 4.39 Å². The fourth-order valence-electron chi connectivity index (χ4n) is 3.78. The zero-order chi connectivity index (χ0) is 19.0. The number of hydrogen-bond acceptors (Lipinski definition) is 5. The Bertz CT molecular complexity index is 866. The van der Waals surface area contributed by atoms with E-state index in [1.165, 1.54) is 13.2 Å². The minimum atomic E-state index is -0.675. The van der Waals surface area contributed by atoms with Gasteiger partial charge in [0.25, 0.3) is 0 Å². The van der Waals surface area contributed by atoms with E-state index in [0.717, 1.165) is 0 Å². The van der Waals surface area contributed by atoms with Gasteiger partial charge in [0, 0.05) is 19.2 Å². The van der Waals surface area contributed by atoms with E-state index < -0.39 is 5.41 Å². The molecule has 1 aromatic heterocycles. The van der Waals surface area contributed by atoms with Gasteiger partial charge >= 0.3 is 5.97 Å². The molecule has 2 heterocycles. The van der Waals surface area contributed by atoms with Crippen molar-refractivity contribution in [3.05, 3.63) is 41.8 Å². The molecule has 1 amide bonds. The fraction of sp³-hybridized carbons (Fsp3) is 0.450. The zero-order valence-corrected chi connectivity index (χ0v) is 15.1. The van der Waals surface area contributed by atoms with Gasteiger partial charge in [-0.1, -0.05) is 17.3 Å². The topological polar surface area (TPSA) is 72.6 Å². The standard InChI is InChI=1S/C20H21FN2O4/c1-26-18(24)13-6-10-23(11-7-13)19(25)20(8-9-20)17-12-16(27-22-17)14-4-2-3-5-15(14)21/h2-5,12-13H,6-11H2,1H3. The average molecular weight is 372 g/mol. The van der Waals surface area contributed by atoms with Gasteiger partial charge in [0.15, 0.2) is 5.76 Å². The number of ether oxygens (including phenoxy) is 1. The Morgan fingerprint density at radius 2 is 1.96 bits per heavy atom. The smallest absolute Gasteiger partial charge is 0.308 e. The summed E-state index contributed by atoms with van der Waals surface area (Å²) in [5, 5.41) is 4.08. The summed E-state index contributed by atoms with van der Waals surface area (Å²) in [5.41, 5.74) is 0.213. The van der Waals surface area contributed by atoms with Crippen molar-refractivity contribution in [2.45, 2.75) is 31.1 Å². The summed E-state index contributed by atoms with van der Waals surface area (Å²) in [6.45, 7) is 1.05. The van der Waals surface area contributed by atoms with Gasteiger partial charge in [-0.2, -0.15) is 0 Å². The molecule has 4 rings (SSSR count). The molecule has 142 valence electrons. The van der Waals surface area contributed by atoms with Crippen molar-refractivity contribution in [1.82, 2.24) is 10.1 Å². The summed E-state index contributed by atoms with van der Waals surface area (Å²) in [7, 11) is 1.39. The number of carbonyl (C=O) groups is 2. The van der Waals surface area contributed by atoms with Crippen LogP contribution in [0.25, 0.3) is 11.3 Å². The Hall–Kier alpha value is -2.70. The van der Waals surface area contributed by atoms with Crippen molar-refractivity contribution in [1.29, 1.82) is 0 Å². The van der Waals surface area contributed by atoms with E-state index in [2.05, 4.69) is 5.16 Å². The Morgan fingerprint density at radius 1 is 1.26 bits per heavy atom. The van der Waals surface area contributed by atoms with Gasteiger partial charge in [-0.25, -0.2) is 4.39 Å². The largest absolute Gasteiger partial charge is 0.469 e. The van der Waals surface area contributed by atoms with Crippen LogP contribution in [-0.2, 0) is 19.7 Å². The highest BCUT2D eigenvalue weighted by atomic mass is 19.1. The van der Waals surface area contributed by atoms with Crippen LogP contribution in [0.1, 0.15) is 31.4 Å². The van der Waals surface area contributed by atoms with Crippen LogP contribution in [0.5, 0.6) is 0 Å². The fourth-order valence-corrected chi connectivity index (χ4v) is 3.78. The zero-order valence-electron chi connectivity index (χ0n) is 15.1. The number of rotatable bonds is 4. The van der Waals surface area contributed by atoms with Gasteiger partial charge in [0.05, 0.1) is 29.7 Å². The van der Waals surface area contributed by atoms with Gasteiger partial charge in [-0.05, 0) is 37.8 Å². The number of aromatic nitrogens is 1. The second-order valence-corrected chi connectivity index (χ2v) is 7.23. The Balaban J connectivity index is 1.49. The van der Waals surface area contributed by atoms with Crippen LogP contribution in [0.2, 0.25) is 0 Å². The summed E-state index contributed by atoms with van der Waals surface area (Å²) in [4.78, 5) is 26.6. The molecule has 2 aromatic rings. The monoisotopic (exact) mass is 372 g/mol. The number of likely N-dealkylation sites (tertiary alicyclic amines) is 1. The van der Waals surface area contributed by atoms with Crippen LogP contribution in [0.3, 0.4) is 0 Å². The number of nitrogens with zero attached hydrogens (tertiary/aromatic N) is 2. The van der Waals surface area contributed by atoms with Crippen molar-refractivity contribution in [2.75, 3.05) is 20.2 Å². The van der Waals surface area contributed by atoms with Crippen LogP contribution in [-0.4, -0.2) is 42.1 Å². The van der Waals surface area contributed by atoms with Crippen LogP contribution in [0, 0.1) is 11.7 Å². The van der Waals surface area contributed by atoms with Gasteiger partial charge in [0.2, 0.25) is 5.91 Å². The van der Waals surface area contributed by atoms with Gasteiger partial charge in [-0.3, -0.25) is 9.59 Å². The molecule has 1 aliphatic heterocycles. The highest BCUT2D eigenvalue weighted by molar-refractivity contribution is 5.91. The third kappa shape index (κ3) is 3.11. The SMILES string of the molecule is COC(=O)C1CCN(C(=O)C2(c3cc(-c4ccccc4F)on3)CC2)CC1. The van der Waals surface area contributed by atoms with E-state index in [4.69, 9.17) is 9.26 Å². The van der Waals surface area contributed by atoms with Crippen molar-refractivity contribution in [3.8, 4) is 11.3 Å². The summed E-state index contributed by atoms with van der Waals surface area (Å²) >= 11 is 0. The first-order chi connectivity index (χ1) is 13.0. The molecule has 1 saturated heterocycles. The van der Waals surface area contributed by atoms with E-state index >= 15 is 0 Å². The second kappa shape index (κ2) is 6.79. The molecule has 27 heavy (non-hydrogen) atoms. The van der Waals surface area contributed by atoms with E-state index in [1.807, 2.05) is 0 Å². The van der Waals surface area contributed by atoms with Crippen molar-refractivity contribution in [3.63, 3.8) is 0 Å². The summed E-state index contributed by atoms with van der Waals surface area (Å²) in [6, 6.07) is 7.99. The van der Waals surface area contributed by atoms with E-state index in [9.17, 15) is 14.0 Å². The summed E-state index contributed by atoms with van der Waals surface area (Å²) in [5.74, 6) is -0.407. The maximum Gasteiger partial charge on any atom is 0.308 e. The lowest BCUT2D eigenvalue weighted by Gasteiger charge is -2.32. The molecule has 7 heteroatoms. The molecule has 0 spiro atoms. The van der Waals surface area contributed by atoms with Crippen molar-refractivity contribution < 1.29 is 23.2 Å². The van der Waals surface area contributed by atoms with Crippen LogP contribution >= 0.6 is 0 Å². The first kappa shape index (κ1) is 17.7. The number of hydrogen-bond donors (Lipinski definition) is 0. The maximum absolute atomic E-state index is 14.0. The minimum Gasteiger partial charge on any atom is -0.469 e. The average Bonchev–Trinajstić information content (AvgIpc) is 3.37. The van der Waals surface area contributed by atoms with Crippen LogP contribution < -0.4 is 0 Å². The normalized spacial score (nSPS) is 19.0. The molecule has 1 aliphatic carbocycles. The number of piperidine rings is 1. The molecule has 0 bridgehead atoms. The molecule has 6 nitrogen and oxygen atoms in total. The van der Waals surface area contributed by atoms with Crippen molar-refractivity contribution >= 4 is 11.9 Å². The summed E-state index contributed by atoms with van der Waals surface area (Å²) < 4.78 is 24.1. The van der Waals surface area contributed by atoms with Crippen LogP contribution in [0.15, 0.2) is 34.9 Å². The Morgan fingerprint density at radius 3 is 2.59 bits per heavy atom. The molecular formula is C20H21FN2O4. The molecule has 2 aliphatic rings. The number of halogens is 1. The van der Waals surface area contributed by atoms with Gasteiger partial charge in [-0.15, -0.1) is 0 Å². The number of esters is 1. The highest BCUT2D eigenvalue weighted by Crippen LogP contribution is 2.50.